The van der Waals surface area contributed by atoms with Crippen LogP contribution in [0.15, 0.2) is 24.3 Å². The molecule has 5 fully saturated rings. The zero-order chi connectivity index (χ0) is 51.5. The first-order valence-corrected chi connectivity index (χ1v) is 28.7. The van der Waals surface area contributed by atoms with E-state index in [0.717, 1.165) is 83.7 Å². The standard InChI is InChI=1S/C58H96N2O12/c1-3-5-7-9-11-17-25-35-67-51(61)27-19-13-15-21-29-53(63)69-44-58(47-72-56(66)59-31-34-60-32-23-24-33-60,46-71-55(65)43-57-40-48-37-49(41-57)39-50(38-48)42-57)45-70-54(64)30-22-16-14-20-28-52(62)68-36-26-18-12-10-8-6-4-2/h11-12,17-18,48-50H,3-10,13-16,19-47H2,1-2H3,(H,59,66)/b17-11-,18-12-. The molecule has 1 saturated heterocycles. The van der Waals surface area contributed by atoms with Gasteiger partial charge in [-0.15, -0.1) is 0 Å². The van der Waals surface area contributed by atoms with E-state index in [-0.39, 0.29) is 62.6 Å². The average molecular weight is 1010 g/mol. The molecule has 410 valence electrons. The van der Waals surface area contributed by atoms with E-state index in [9.17, 15) is 28.8 Å². The predicted molar refractivity (Wildman–Crippen MR) is 279 cm³/mol. The highest BCUT2D eigenvalue weighted by Gasteiger charge is 2.52. The number of unbranched alkanes of at least 4 members (excludes halogenated alkanes) is 12. The largest absolute Gasteiger partial charge is 0.465 e. The minimum Gasteiger partial charge on any atom is -0.465 e. The number of amides is 1. The summed E-state index contributed by atoms with van der Waals surface area (Å²) in [4.78, 5) is 80.3. The fourth-order valence-corrected chi connectivity index (χ4v) is 11.5. The van der Waals surface area contributed by atoms with Crippen molar-refractivity contribution in [3.63, 3.8) is 0 Å². The lowest BCUT2D eigenvalue weighted by atomic mass is 9.49. The summed E-state index contributed by atoms with van der Waals surface area (Å²) in [5, 5.41) is 2.82. The van der Waals surface area contributed by atoms with Crippen LogP contribution in [0.4, 0.5) is 4.79 Å². The molecule has 72 heavy (non-hydrogen) atoms. The predicted octanol–water partition coefficient (Wildman–Crippen LogP) is 11.9. The molecule has 14 heteroatoms. The maximum Gasteiger partial charge on any atom is 0.407 e. The Kier molecular flexibility index (Phi) is 30.4. The fourth-order valence-electron chi connectivity index (χ4n) is 11.5. The number of nitrogens with one attached hydrogen (secondary N) is 1. The van der Waals surface area contributed by atoms with Crippen LogP contribution in [0.1, 0.15) is 213 Å². The van der Waals surface area contributed by atoms with Gasteiger partial charge in [0.25, 0.3) is 0 Å². The van der Waals surface area contributed by atoms with Gasteiger partial charge < -0.3 is 38.6 Å². The SMILES string of the molecule is CCCCC/C=C\CCOC(=O)CCCCCCC(=O)OCC(COC(=O)CCCCCCC(=O)OCC/C=C\CCCCC)(COC(=O)CC12CC3CC(CC(C3)C1)C2)COC(=O)NCCN1CCCC1. The third kappa shape index (κ3) is 26.3. The third-order valence-electron chi connectivity index (χ3n) is 15.1. The van der Waals surface area contributed by atoms with E-state index in [4.69, 9.17) is 28.4 Å². The Balaban J connectivity index is 1.27. The highest BCUT2D eigenvalue weighted by atomic mass is 16.6. The quantitative estimate of drug-likeness (QED) is 0.0265. The molecule has 0 spiro atoms. The monoisotopic (exact) mass is 1010 g/mol. The molecule has 4 saturated carbocycles. The molecule has 0 aromatic carbocycles. The van der Waals surface area contributed by atoms with Crippen LogP contribution in [-0.2, 0) is 52.4 Å². The van der Waals surface area contributed by atoms with Crippen molar-refractivity contribution in [2.24, 2.45) is 28.6 Å². The summed E-state index contributed by atoms with van der Waals surface area (Å²) >= 11 is 0. The van der Waals surface area contributed by atoms with E-state index < -0.39 is 23.4 Å². The van der Waals surface area contributed by atoms with Gasteiger partial charge in [-0.2, -0.15) is 0 Å². The van der Waals surface area contributed by atoms with E-state index >= 15 is 0 Å². The molecule has 1 aliphatic heterocycles. The van der Waals surface area contributed by atoms with Crippen molar-refractivity contribution < 1.29 is 57.2 Å². The average Bonchev–Trinajstić information content (AvgIpc) is 3.88. The number of nitrogens with zero attached hydrogens (tertiary/aromatic N) is 1. The maximum atomic E-state index is 13.8. The van der Waals surface area contributed by atoms with Crippen LogP contribution < -0.4 is 5.32 Å². The van der Waals surface area contributed by atoms with Crippen molar-refractivity contribution in [3.05, 3.63) is 24.3 Å². The van der Waals surface area contributed by atoms with Crippen LogP contribution in [-0.4, -0.2) is 107 Å². The number of allylic oxidation sites excluding steroid dienone is 2. The summed E-state index contributed by atoms with van der Waals surface area (Å²) in [7, 11) is 0. The second kappa shape index (κ2) is 36.1. The molecule has 14 nitrogen and oxygen atoms in total. The van der Waals surface area contributed by atoms with Crippen molar-refractivity contribution >= 4 is 35.9 Å². The van der Waals surface area contributed by atoms with Gasteiger partial charge in [0.15, 0.2) is 0 Å². The molecule has 0 aromatic heterocycles. The molecule has 0 unspecified atom stereocenters. The van der Waals surface area contributed by atoms with Crippen molar-refractivity contribution in [2.45, 2.75) is 213 Å². The van der Waals surface area contributed by atoms with Gasteiger partial charge in [-0.3, -0.25) is 24.0 Å². The number of carbonyl (C=O) groups is 6. The molecule has 1 heterocycles. The van der Waals surface area contributed by atoms with E-state index in [1.807, 2.05) is 0 Å². The van der Waals surface area contributed by atoms with Crippen LogP contribution in [0.5, 0.6) is 0 Å². The number of alkyl carbamates (subject to hydrolysis) is 1. The fraction of sp³-hybridized carbons (Fsp3) is 0.828. The van der Waals surface area contributed by atoms with Crippen LogP contribution in [0.2, 0.25) is 0 Å². The Morgan fingerprint density at radius 2 is 0.903 bits per heavy atom. The second-order valence-electron chi connectivity index (χ2n) is 21.9. The van der Waals surface area contributed by atoms with Crippen molar-refractivity contribution in [3.8, 4) is 0 Å². The molecule has 0 aromatic rings. The first-order chi connectivity index (χ1) is 35.0. The minimum atomic E-state index is -1.36. The summed E-state index contributed by atoms with van der Waals surface area (Å²) in [6.07, 6.45) is 34.2. The molecule has 0 atom stereocenters. The third-order valence-corrected chi connectivity index (χ3v) is 15.1. The molecule has 4 aliphatic carbocycles. The highest BCUT2D eigenvalue weighted by molar-refractivity contribution is 5.72. The molecule has 1 amide bonds. The number of rotatable bonds is 41. The topological polar surface area (TPSA) is 173 Å². The van der Waals surface area contributed by atoms with Gasteiger partial charge in [0.05, 0.1) is 19.6 Å². The van der Waals surface area contributed by atoms with Gasteiger partial charge in [0.1, 0.15) is 31.8 Å². The first-order valence-electron chi connectivity index (χ1n) is 28.7. The number of hydrogen-bond acceptors (Lipinski definition) is 13. The Bertz CT molecular complexity index is 1540. The van der Waals surface area contributed by atoms with Crippen LogP contribution in [0.3, 0.4) is 0 Å². The van der Waals surface area contributed by atoms with Gasteiger partial charge >= 0.3 is 35.9 Å². The molecule has 4 bridgehead atoms. The van der Waals surface area contributed by atoms with Gasteiger partial charge in [0, 0.05) is 38.8 Å². The molecular weight excluding hydrogens is 917 g/mol. The lowest BCUT2D eigenvalue weighted by Gasteiger charge is -2.56. The molecule has 1 N–H and O–H groups in total. The smallest absolute Gasteiger partial charge is 0.407 e. The lowest BCUT2D eigenvalue weighted by molar-refractivity contribution is -0.168. The Morgan fingerprint density at radius 1 is 0.500 bits per heavy atom. The van der Waals surface area contributed by atoms with Crippen molar-refractivity contribution in [1.29, 1.82) is 0 Å². The van der Waals surface area contributed by atoms with E-state index in [2.05, 4.69) is 48.4 Å². The van der Waals surface area contributed by atoms with E-state index in [1.165, 1.54) is 57.8 Å². The number of carbonyl (C=O) groups excluding carboxylic acids is 6. The van der Waals surface area contributed by atoms with Gasteiger partial charge in [-0.05, 0) is 152 Å². The van der Waals surface area contributed by atoms with Crippen molar-refractivity contribution in [1.82, 2.24) is 10.2 Å². The zero-order valence-corrected chi connectivity index (χ0v) is 44.9. The van der Waals surface area contributed by atoms with Crippen LogP contribution >= 0.6 is 0 Å². The number of esters is 5. The van der Waals surface area contributed by atoms with Gasteiger partial charge in [0.2, 0.25) is 0 Å². The Labute approximate surface area is 433 Å². The first kappa shape index (κ1) is 60.6. The van der Waals surface area contributed by atoms with Crippen LogP contribution in [0, 0.1) is 28.6 Å². The van der Waals surface area contributed by atoms with E-state index in [1.54, 1.807) is 0 Å². The lowest BCUT2D eigenvalue weighted by Crippen LogP contribution is -2.48. The zero-order valence-electron chi connectivity index (χ0n) is 44.9. The number of likely N-dealkylation sites (tertiary alicyclic amines) is 1. The number of hydrogen-bond donors (Lipinski definition) is 1. The molecular formula is C58H96N2O12. The molecule has 5 aliphatic rings. The maximum absolute atomic E-state index is 13.8. The normalized spacial score (nSPS) is 20.5. The summed E-state index contributed by atoms with van der Waals surface area (Å²) in [6, 6.07) is 0. The Hall–Kier alpha value is -3.94. The van der Waals surface area contributed by atoms with Gasteiger partial charge in [-0.1, -0.05) is 89.5 Å². The highest BCUT2D eigenvalue weighted by Crippen LogP contribution is 2.61. The summed E-state index contributed by atoms with van der Waals surface area (Å²) in [5.41, 5.74) is -1.42. The number of ether oxygens (including phenoxy) is 6. The summed E-state index contributed by atoms with van der Waals surface area (Å²) in [6.45, 7) is 7.02. The van der Waals surface area contributed by atoms with Crippen LogP contribution in [0.25, 0.3) is 0 Å². The molecule has 0 radical (unpaired) electrons. The van der Waals surface area contributed by atoms with E-state index in [0.29, 0.717) is 102 Å². The Morgan fingerprint density at radius 3 is 1.35 bits per heavy atom. The van der Waals surface area contributed by atoms with Gasteiger partial charge in [-0.25, -0.2) is 4.79 Å². The summed E-state index contributed by atoms with van der Waals surface area (Å²) in [5.74, 6) is 0.280. The van der Waals surface area contributed by atoms with Crippen molar-refractivity contribution in [2.75, 3.05) is 65.8 Å². The molecule has 5 rings (SSSR count). The minimum absolute atomic E-state index is 0.0601. The summed E-state index contributed by atoms with van der Waals surface area (Å²) < 4.78 is 34.3. The second-order valence-corrected chi connectivity index (χ2v) is 21.9.